The lowest BCUT2D eigenvalue weighted by Gasteiger charge is -2.14. The average Bonchev–Trinajstić information content (AvgIpc) is 2.25. The van der Waals surface area contributed by atoms with E-state index in [1.807, 2.05) is 20.8 Å². The Morgan fingerprint density at radius 2 is 2.12 bits per heavy atom. The Balaban J connectivity index is 2.61. The predicted octanol–water partition coefficient (Wildman–Crippen LogP) is 1.43. The van der Waals surface area contributed by atoms with Crippen molar-refractivity contribution in [2.75, 3.05) is 18.9 Å². The van der Waals surface area contributed by atoms with E-state index in [-0.39, 0.29) is 6.10 Å². The zero-order valence-corrected chi connectivity index (χ0v) is 10.1. The fourth-order valence-corrected chi connectivity index (χ4v) is 1.23. The molecule has 1 unspecified atom stereocenters. The van der Waals surface area contributed by atoms with Crippen LogP contribution >= 0.6 is 0 Å². The summed E-state index contributed by atoms with van der Waals surface area (Å²) in [7, 11) is 0. The molecule has 1 heterocycles. The largest absolute Gasteiger partial charge is 0.472 e. The van der Waals surface area contributed by atoms with Crippen molar-refractivity contribution in [2.24, 2.45) is 0 Å². The van der Waals surface area contributed by atoms with E-state index in [9.17, 15) is 0 Å². The summed E-state index contributed by atoms with van der Waals surface area (Å²) in [5, 5.41) is 0. The maximum Gasteiger partial charge on any atom is 0.219 e. The molecule has 16 heavy (non-hydrogen) atoms. The van der Waals surface area contributed by atoms with Crippen molar-refractivity contribution in [2.45, 2.75) is 33.3 Å². The van der Waals surface area contributed by atoms with Gasteiger partial charge in [0.15, 0.2) is 0 Å². The van der Waals surface area contributed by atoms with Crippen LogP contribution in [0.25, 0.3) is 0 Å². The predicted molar refractivity (Wildman–Crippen MR) is 62.4 cm³/mol. The number of nitrogens with two attached hydrogens (primary N) is 1. The summed E-state index contributed by atoms with van der Waals surface area (Å²) in [6.07, 6.45) is 0.695. The number of nitrogens with zero attached hydrogens (tertiary/aromatic N) is 2. The molecule has 1 aromatic heterocycles. The third kappa shape index (κ3) is 4.02. The van der Waals surface area contributed by atoms with Gasteiger partial charge in [-0.15, -0.1) is 0 Å². The number of hydrogen-bond donors (Lipinski definition) is 1. The Kier molecular flexibility index (Phi) is 4.98. The second kappa shape index (κ2) is 6.27. The van der Waals surface area contributed by atoms with E-state index < -0.39 is 0 Å². The Hall–Kier alpha value is -1.36. The molecule has 1 rings (SSSR count). The fourth-order valence-electron chi connectivity index (χ4n) is 1.23. The lowest BCUT2D eigenvalue weighted by Crippen LogP contribution is -2.20. The van der Waals surface area contributed by atoms with Gasteiger partial charge in [0, 0.05) is 19.1 Å². The van der Waals surface area contributed by atoms with Crippen LogP contribution in [0.3, 0.4) is 0 Å². The number of anilines is 1. The highest BCUT2D eigenvalue weighted by atomic mass is 16.5. The second-order valence-electron chi connectivity index (χ2n) is 3.49. The zero-order valence-electron chi connectivity index (χ0n) is 10.1. The van der Waals surface area contributed by atoms with Crippen molar-refractivity contribution in [3.8, 4) is 5.88 Å². The van der Waals surface area contributed by atoms with Crippen LogP contribution in [0.4, 0.5) is 5.82 Å². The third-order valence-electron chi connectivity index (χ3n) is 1.96. The minimum Gasteiger partial charge on any atom is -0.472 e. The summed E-state index contributed by atoms with van der Waals surface area (Å²) in [4.78, 5) is 8.31. The first-order valence-corrected chi connectivity index (χ1v) is 5.53. The smallest absolute Gasteiger partial charge is 0.219 e. The van der Waals surface area contributed by atoms with Crippen molar-refractivity contribution >= 4 is 5.82 Å². The van der Waals surface area contributed by atoms with Crippen molar-refractivity contribution in [3.63, 3.8) is 0 Å². The number of rotatable bonds is 6. The van der Waals surface area contributed by atoms with Crippen LogP contribution in [-0.4, -0.2) is 29.3 Å². The molecule has 0 radical (unpaired) electrons. The van der Waals surface area contributed by atoms with Gasteiger partial charge in [-0.1, -0.05) is 6.92 Å². The van der Waals surface area contributed by atoms with E-state index in [0.717, 1.165) is 6.42 Å². The molecule has 5 nitrogen and oxygen atoms in total. The van der Waals surface area contributed by atoms with E-state index in [1.165, 1.54) is 0 Å². The van der Waals surface area contributed by atoms with Gasteiger partial charge in [0.05, 0.1) is 6.61 Å². The first-order valence-electron chi connectivity index (χ1n) is 5.53. The molecule has 1 aromatic rings. The molecule has 0 aliphatic heterocycles. The van der Waals surface area contributed by atoms with Gasteiger partial charge in [0.25, 0.3) is 0 Å². The van der Waals surface area contributed by atoms with Gasteiger partial charge in [-0.05, 0) is 13.8 Å². The molecular weight excluding hydrogens is 206 g/mol. The van der Waals surface area contributed by atoms with Gasteiger partial charge in [-0.2, -0.15) is 4.98 Å². The number of nitrogen functional groups attached to an aromatic ring is 1. The first kappa shape index (κ1) is 12.7. The topological polar surface area (TPSA) is 70.3 Å². The highest BCUT2D eigenvalue weighted by Gasteiger charge is 2.07. The van der Waals surface area contributed by atoms with E-state index in [0.29, 0.717) is 30.7 Å². The summed E-state index contributed by atoms with van der Waals surface area (Å²) in [6, 6.07) is 1.63. The summed E-state index contributed by atoms with van der Waals surface area (Å²) in [5.41, 5.74) is 5.65. The highest BCUT2D eigenvalue weighted by Crippen LogP contribution is 2.13. The molecule has 1 atom stereocenters. The Morgan fingerprint density at radius 3 is 2.75 bits per heavy atom. The summed E-state index contributed by atoms with van der Waals surface area (Å²) >= 11 is 0. The van der Waals surface area contributed by atoms with Crippen molar-refractivity contribution in [1.82, 2.24) is 9.97 Å². The van der Waals surface area contributed by atoms with Crippen molar-refractivity contribution in [3.05, 3.63) is 11.9 Å². The van der Waals surface area contributed by atoms with E-state index in [2.05, 4.69) is 9.97 Å². The zero-order chi connectivity index (χ0) is 12.0. The minimum atomic E-state index is -0.0426. The molecule has 0 aromatic carbocycles. The molecule has 0 spiro atoms. The van der Waals surface area contributed by atoms with Crippen LogP contribution in [0, 0.1) is 0 Å². The number of ether oxygens (including phenoxy) is 2. The number of aromatic nitrogens is 2. The van der Waals surface area contributed by atoms with Gasteiger partial charge >= 0.3 is 0 Å². The molecule has 90 valence electrons. The van der Waals surface area contributed by atoms with Gasteiger partial charge in [0.2, 0.25) is 5.88 Å². The van der Waals surface area contributed by atoms with Gasteiger partial charge < -0.3 is 15.2 Å². The maximum absolute atomic E-state index is 5.65. The lowest BCUT2D eigenvalue weighted by molar-refractivity contribution is 0.0632. The van der Waals surface area contributed by atoms with Gasteiger partial charge in [-0.3, -0.25) is 0 Å². The molecule has 0 saturated carbocycles. The fraction of sp³-hybridized carbons (Fsp3) is 0.636. The average molecular weight is 225 g/mol. The molecule has 5 heteroatoms. The molecule has 0 aliphatic carbocycles. The lowest BCUT2D eigenvalue weighted by atomic mass is 10.4. The monoisotopic (exact) mass is 225 g/mol. The number of hydrogen-bond acceptors (Lipinski definition) is 5. The first-order chi connectivity index (χ1) is 7.65. The molecule has 0 fully saturated rings. The summed E-state index contributed by atoms with van der Waals surface area (Å²) in [5.74, 6) is 1.64. The van der Waals surface area contributed by atoms with Crippen LogP contribution in [0.1, 0.15) is 26.6 Å². The molecule has 0 saturated heterocycles. The van der Waals surface area contributed by atoms with Gasteiger partial charge in [0.1, 0.15) is 17.7 Å². The quantitative estimate of drug-likeness (QED) is 0.793. The normalized spacial score (nSPS) is 12.4. The van der Waals surface area contributed by atoms with Crippen molar-refractivity contribution < 1.29 is 9.47 Å². The van der Waals surface area contributed by atoms with Crippen LogP contribution in [0.15, 0.2) is 6.07 Å². The highest BCUT2D eigenvalue weighted by molar-refractivity contribution is 5.32. The summed E-state index contributed by atoms with van der Waals surface area (Å²) < 4.78 is 10.8. The van der Waals surface area contributed by atoms with E-state index in [4.69, 9.17) is 15.2 Å². The molecular formula is C11H19N3O2. The standard InChI is InChI=1S/C11H19N3O2/c1-4-10-13-9(12)6-11(14-10)16-8(3)7-15-5-2/h6,8H,4-5,7H2,1-3H3,(H2,12,13,14). The Labute approximate surface area is 96.0 Å². The van der Waals surface area contributed by atoms with Gasteiger partial charge in [-0.25, -0.2) is 4.98 Å². The Morgan fingerprint density at radius 1 is 1.38 bits per heavy atom. The van der Waals surface area contributed by atoms with E-state index in [1.54, 1.807) is 6.07 Å². The van der Waals surface area contributed by atoms with E-state index >= 15 is 0 Å². The molecule has 0 amide bonds. The number of aryl methyl sites for hydroxylation is 1. The molecule has 0 bridgehead atoms. The van der Waals surface area contributed by atoms with Crippen molar-refractivity contribution in [1.29, 1.82) is 0 Å². The molecule has 2 N–H and O–H groups in total. The molecule has 0 aliphatic rings. The van der Waals surface area contributed by atoms with Crippen LogP contribution in [-0.2, 0) is 11.2 Å². The van der Waals surface area contributed by atoms with Crippen LogP contribution in [0.5, 0.6) is 5.88 Å². The summed E-state index contributed by atoms with van der Waals surface area (Å²) in [6.45, 7) is 7.08. The van der Waals surface area contributed by atoms with Crippen LogP contribution in [0.2, 0.25) is 0 Å². The van der Waals surface area contributed by atoms with Crippen LogP contribution < -0.4 is 10.5 Å². The maximum atomic E-state index is 5.65. The SMILES string of the molecule is CCOCC(C)Oc1cc(N)nc(CC)n1. The third-order valence-corrected chi connectivity index (χ3v) is 1.96. The second-order valence-corrected chi connectivity index (χ2v) is 3.49. The Bertz CT molecular complexity index is 331. The minimum absolute atomic E-state index is 0.0426.